The van der Waals surface area contributed by atoms with Crippen molar-refractivity contribution in [3.05, 3.63) is 0 Å². The molecule has 1 fully saturated rings. The van der Waals surface area contributed by atoms with Crippen molar-refractivity contribution in [2.24, 2.45) is 0 Å². The van der Waals surface area contributed by atoms with Crippen LogP contribution in [0.2, 0.25) is 0 Å². The Morgan fingerprint density at radius 2 is 1.87 bits per heavy atom. The number of hydrogen-bond acceptors (Lipinski definition) is 3. The molecule has 0 aliphatic carbocycles. The largest absolute Gasteiger partial charge is 0.214 e. The molecule has 0 radical (unpaired) electrons. The minimum absolute atomic E-state index is 0.181. The van der Waals surface area contributed by atoms with Crippen molar-refractivity contribution in [3.63, 3.8) is 0 Å². The van der Waals surface area contributed by atoms with Crippen LogP contribution in [0.1, 0.15) is 20.3 Å². The molecule has 0 bridgehead atoms. The Balaban J connectivity index is 2.61. The molecule has 2 unspecified atom stereocenters. The topological polar surface area (TPSA) is 37.4 Å². The first kappa shape index (κ1) is 13.6. The number of hydrogen-bond donors (Lipinski definition) is 0. The number of halogens is 1. The summed E-state index contributed by atoms with van der Waals surface area (Å²) in [5, 5.41) is 0.777. The van der Waals surface area contributed by atoms with Gasteiger partial charge in [-0.3, -0.25) is 0 Å². The summed E-state index contributed by atoms with van der Waals surface area (Å²) in [5.41, 5.74) is 0. The van der Waals surface area contributed by atoms with Crippen LogP contribution in [0.5, 0.6) is 0 Å². The average molecular weight is 272 g/mol. The standard InChI is InChI=1S/C9H18ClNO2S2/c1-8-6-11(7-9(2)14-8)15(12,13)5-3-4-10/h8-9H,3-7H2,1-2H3. The zero-order valence-corrected chi connectivity index (χ0v) is 11.5. The van der Waals surface area contributed by atoms with Crippen molar-refractivity contribution >= 4 is 33.4 Å². The Bertz CT molecular complexity index is 284. The van der Waals surface area contributed by atoms with Crippen LogP contribution in [0.3, 0.4) is 0 Å². The lowest BCUT2D eigenvalue weighted by atomic mass is 10.4. The number of sulfonamides is 1. The molecule has 0 N–H and O–H groups in total. The SMILES string of the molecule is CC1CN(S(=O)(=O)CCCCl)CC(C)S1. The summed E-state index contributed by atoms with van der Waals surface area (Å²) >= 11 is 7.37. The fraction of sp³-hybridized carbons (Fsp3) is 1.00. The van der Waals surface area contributed by atoms with Crippen LogP contribution in [0.25, 0.3) is 0 Å². The fourth-order valence-corrected chi connectivity index (χ4v) is 5.20. The highest BCUT2D eigenvalue weighted by molar-refractivity contribution is 8.00. The second-order valence-electron chi connectivity index (χ2n) is 3.93. The molecule has 0 aromatic heterocycles. The molecule has 1 saturated heterocycles. The first-order valence-corrected chi connectivity index (χ1v) is 8.23. The van der Waals surface area contributed by atoms with Gasteiger partial charge in [-0.25, -0.2) is 8.42 Å². The van der Waals surface area contributed by atoms with Gasteiger partial charge in [0.15, 0.2) is 0 Å². The Hall–Kier alpha value is 0.550. The molecule has 2 atom stereocenters. The van der Waals surface area contributed by atoms with Gasteiger partial charge < -0.3 is 0 Å². The highest BCUT2D eigenvalue weighted by Crippen LogP contribution is 2.26. The van der Waals surface area contributed by atoms with Gasteiger partial charge in [0.05, 0.1) is 5.75 Å². The average Bonchev–Trinajstić information content (AvgIpc) is 2.13. The third kappa shape index (κ3) is 4.13. The van der Waals surface area contributed by atoms with Gasteiger partial charge in [-0.1, -0.05) is 13.8 Å². The molecule has 1 rings (SSSR count). The van der Waals surface area contributed by atoms with E-state index in [1.54, 1.807) is 4.31 Å². The molecule has 6 heteroatoms. The van der Waals surface area contributed by atoms with Crippen molar-refractivity contribution in [1.82, 2.24) is 4.31 Å². The van der Waals surface area contributed by atoms with E-state index in [1.165, 1.54) is 0 Å². The molecule has 0 amide bonds. The second-order valence-corrected chi connectivity index (χ2v) is 8.28. The molecular weight excluding hydrogens is 254 g/mol. The van der Waals surface area contributed by atoms with Gasteiger partial charge in [-0.2, -0.15) is 16.1 Å². The normalized spacial score (nSPS) is 29.3. The predicted octanol–water partition coefficient (Wildman–Crippen LogP) is 1.77. The summed E-state index contributed by atoms with van der Waals surface area (Å²) in [6, 6.07) is 0. The molecular formula is C9H18ClNO2S2. The number of nitrogens with zero attached hydrogens (tertiary/aromatic N) is 1. The Labute approximate surface area is 102 Å². The van der Waals surface area contributed by atoms with E-state index in [2.05, 4.69) is 13.8 Å². The van der Waals surface area contributed by atoms with Crippen LogP contribution in [-0.4, -0.2) is 47.9 Å². The maximum Gasteiger partial charge on any atom is 0.214 e. The molecule has 90 valence electrons. The summed E-state index contributed by atoms with van der Waals surface area (Å²) in [4.78, 5) is 0. The van der Waals surface area contributed by atoms with Crippen molar-refractivity contribution in [3.8, 4) is 0 Å². The number of thioether (sulfide) groups is 1. The number of alkyl halides is 1. The Morgan fingerprint density at radius 3 is 2.33 bits per heavy atom. The molecule has 1 aliphatic heterocycles. The van der Waals surface area contributed by atoms with E-state index in [9.17, 15) is 8.42 Å². The molecule has 1 heterocycles. The van der Waals surface area contributed by atoms with Crippen molar-refractivity contribution in [2.75, 3.05) is 24.7 Å². The first-order valence-electron chi connectivity index (χ1n) is 5.15. The highest BCUT2D eigenvalue weighted by Gasteiger charge is 2.30. The van der Waals surface area contributed by atoms with E-state index < -0.39 is 10.0 Å². The third-order valence-electron chi connectivity index (χ3n) is 2.32. The highest BCUT2D eigenvalue weighted by atomic mass is 35.5. The van der Waals surface area contributed by atoms with Gasteiger partial charge in [0.1, 0.15) is 0 Å². The predicted molar refractivity (Wildman–Crippen MR) is 67.2 cm³/mol. The van der Waals surface area contributed by atoms with E-state index in [4.69, 9.17) is 11.6 Å². The monoisotopic (exact) mass is 271 g/mol. The van der Waals surface area contributed by atoms with Crippen LogP contribution in [0.4, 0.5) is 0 Å². The molecule has 1 aliphatic rings. The first-order chi connectivity index (χ1) is 6.95. The molecule has 0 saturated carbocycles. The molecule has 15 heavy (non-hydrogen) atoms. The quantitative estimate of drug-likeness (QED) is 0.732. The van der Waals surface area contributed by atoms with Crippen LogP contribution in [0.15, 0.2) is 0 Å². The van der Waals surface area contributed by atoms with Gasteiger partial charge >= 0.3 is 0 Å². The van der Waals surface area contributed by atoms with Crippen LogP contribution in [0, 0.1) is 0 Å². The van der Waals surface area contributed by atoms with Crippen LogP contribution >= 0.6 is 23.4 Å². The summed E-state index contributed by atoms with van der Waals surface area (Å²) in [6.45, 7) is 5.42. The van der Waals surface area contributed by atoms with Gasteiger partial charge in [0.2, 0.25) is 10.0 Å². The van der Waals surface area contributed by atoms with Crippen LogP contribution in [-0.2, 0) is 10.0 Å². The lowest BCUT2D eigenvalue weighted by Crippen LogP contribution is -2.44. The fourth-order valence-electron chi connectivity index (χ4n) is 1.72. The molecule has 3 nitrogen and oxygen atoms in total. The Morgan fingerprint density at radius 1 is 1.33 bits per heavy atom. The van der Waals surface area contributed by atoms with Gasteiger partial charge in [0, 0.05) is 29.5 Å². The van der Waals surface area contributed by atoms with Crippen molar-refractivity contribution in [2.45, 2.75) is 30.8 Å². The van der Waals surface area contributed by atoms with Crippen molar-refractivity contribution in [1.29, 1.82) is 0 Å². The zero-order valence-electron chi connectivity index (χ0n) is 9.15. The summed E-state index contributed by atoms with van der Waals surface area (Å²) in [7, 11) is -3.08. The van der Waals surface area contributed by atoms with Crippen LogP contribution < -0.4 is 0 Å². The summed E-state index contributed by atoms with van der Waals surface area (Å²) < 4.78 is 25.4. The second kappa shape index (κ2) is 5.75. The summed E-state index contributed by atoms with van der Waals surface area (Å²) in [5.74, 6) is 0.591. The van der Waals surface area contributed by atoms with Gasteiger partial charge in [-0.05, 0) is 6.42 Å². The third-order valence-corrected chi connectivity index (χ3v) is 5.70. The van der Waals surface area contributed by atoms with Crippen molar-refractivity contribution < 1.29 is 8.42 Å². The Kier molecular flexibility index (Phi) is 5.22. The minimum Gasteiger partial charge on any atom is -0.212 e. The molecule has 0 aromatic carbocycles. The van der Waals surface area contributed by atoms with E-state index >= 15 is 0 Å². The minimum atomic E-state index is -3.08. The zero-order chi connectivity index (χ0) is 11.5. The van der Waals surface area contributed by atoms with Gasteiger partial charge in [0.25, 0.3) is 0 Å². The number of rotatable bonds is 4. The van der Waals surface area contributed by atoms with E-state index in [0.29, 0.717) is 35.9 Å². The summed E-state index contributed by atoms with van der Waals surface area (Å²) in [6.07, 6.45) is 0.538. The lowest BCUT2D eigenvalue weighted by molar-refractivity contribution is 0.404. The lowest BCUT2D eigenvalue weighted by Gasteiger charge is -2.33. The molecule has 0 spiro atoms. The van der Waals surface area contributed by atoms with E-state index in [-0.39, 0.29) is 5.75 Å². The van der Waals surface area contributed by atoms with E-state index in [1.807, 2.05) is 11.8 Å². The maximum atomic E-state index is 11.9. The maximum absolute atomic E-state index is 11.9. The smallest absolute Gasteiger partial charge is 0.212 e. The van der Waals surface area contributed by atoms with E-state index in [0.717, 1.165) is 0 Å². The molecule has 0 aromatic rings. The van der Waals surface area contributed by atoms with Gasteiger partial charge in [-0.15, -0.1) is 11.6 Å².